The van der Waals surface area contributed by atoms with Gasteiger partial charge in [-0.3, -0.25) is 28.9 Å². The molecule has 13 heteroatoms. The Labute approximate surface area is 318 Å². The third-order valence-electron chi connectivity index (χ3n) is 10.9. The van der Waals surface area contributed by atoms with Crippen LogP contribution in [-0.2, 0) is 30.3 Å². The first kappa shape index (κ1) is 41.9. The smallest absolute Gasteiger partial charge is 0.306 e. The number of nitrogens with zero attached hydrogens (tertiary/aromatic N) is 3. The molecule has 1 saturated carbocycles. The second-order valence-electron chi connectivity index (χ2n) is 15.4. The fourth-order valence-electron chi connectivity index (χ4n) is 7.80. The minimum absolute atomic E-state index is 0.0353. The molecule has 3 amide bonds. The fourth-order valence-corrected chi connectivity index (χ4v) is 8.64. The Morgan fingerprint density at radius 1 is 0.981 bits per heavy atom. The van der Waals surface area contributed by atoms with Crippen molar-refractivity contribution >= 4 is 41.0 Å². The van der Waals surface area contributed by atoms with Gasteiger partial charge < -0.3 is 25.4 Å². The van der Waals surface area contributed by atoms with Crippen molar-refractivity contribution in [3.8, 4) is 0 Å². The number of carbonyl (C=O) groups excluding carboxylic acids is 4. The van der Waals surface area contributed by atoms with Gasteiger partial charge in [0, 0.05) is 37.9 Å². The van der Waals surface area contributed by atoms with Gasteiger partial charge in [-0.05, 0) is 69.5 Å². The molecule has 1 saturated heterocycles. The average molecular weight is 754 g/mol. The third kappa shape index (κ3) is 12.1. The van der Waals surface area contributed by atoms with Crippen molar-refractivity contribution in [2.45, 2.75) is 129 Å². The molecule has 2 aliphatic rings. The normalized spacial score (nSPS) is 19.7. The van der Waals surface area contributed by atoms with Crippen LogP contribution >= 0.6 is 11.3 Å². The molecule has 1 aromatic heterocycles. The topological polar surface area (TPSA) is 158 Å². The Morgan fingerprint density at radius 3 is 2.28 bits per heavy atom. The Morgan fingerprint density at radius 2 is 1.66 bits per heavy atom. The van der Waals surface area contributed by atoms with E-state index in [-0.39, 0.29) is 54.3 Å². The van der Waals surface area contributed by atoms with E-state index in [1.54, 1.807) is 24.3 Å². The Balaban J connectivity index is 1.52. The number of nitrogens with one attached hydrogen (secondary N) is 2. The lowest BCUT2D eigenvalue weighted by atomic mass is 9.82. The second-order valence-corrected chi connectivity index (χ2v) is 16.3. The van der Waals surface area contributed by atoms with Crippen LogP contribution in [0.5, 0.6) is 0 Å². The molecule has 0 spiro atoms. The molecule has 0 unspecified atom stereocenters. The molecule has 1 aliphatic carbocycles. The third-order valence-corrected chi connectivity index (χ3v) is 11.8. The number of aliphatic carboxylic acids is 1. The number of hydrogen-bond acceptors (Lipinski definition) is 9. The van der Waals surface area contributed by atoms with Crippen molar-refractivity contribution in [3.05, 3.63) is 52.0 Å². The molecule has 4 rings (SSSR count). The molecular weight excluding hydrogens is 695 g/mol. The van der Waals surface area contributed by atoms with E-state index >= 15 is 0 Å². The number of hydrogen-bond donors (Lipinski definition) is 3. The number of esters is 1. The molecule has 1 aromatic carbocycles. The summed E-state index contributed by atoms with van der Waals surface area (Å²) in [6, 6.07) is 7.82. The number of thiazole rings is 1. The number of ether oxygens (including phenoxy) is 1. The maximum absolute atomic E-state index is 14.5. The van der Waals surface area contributed by atoms with Crippen LogP contribution in [0.2, 0.25) is 0 Å². The van der Waals surface area contributed by atoms with Crippen molar-refractivity contribution in [2.75, 3.05) is 20.6 Å². The number of likely N-dealkylation sites (N-methyl/N-ethyl adjacent to an activating group) is 2. The minimum atomic E-state index is -0.940. The van der Waals surface area contributed by atoms with E-state index in [2.05, 4.69) is 20.5 Å². The first-order valence-corrected chi connectivity index (χ1v) is 20.1. The molecule has 0 bridgehead atoms. The van der Waals surface area contributed by atoms with Crippen LogP contribution in [-0.4, -0.2) is 94.4 Å². The number of amides is 3. The van der Waals surface area contributed by atoms with E-state index in [9.17, 15) is 29.1 Å². The van der Waals surface area contributed by atoms with Gasteiger partial charge in [0.2, 0.25) is 11.8 Å². The van der Waals surface area contributed by atoms with Crippen molar-refractivity contribution < 1.29 is 33.8 Å². The number of carboxylic acids is 1. The van der Waals surface area contributed by atoms with Crippen LogP contribution in [0.1, 0.15) is 119 Å². The molecule has 53 heavy (non-hydrogen) atoms. The van der Waals surface area contributed by atoms with Gasteiger partial charge in [0.25, 0.3) is 5.91 Å². The fraction of sp³-hybridized carbons (Fsp3) is 0.650. The summed E-state index contributed by atoms with van der Waals surface area (Å²) in [6.45, 7) is 7.81. The van der Waals surface area contributed by atoms with Crippen LogP contribution in [0.25, 0.3) is 0 Å². The van der Waals surface area contributed by atoms with Crippen molar-refractivity contribution in [1.29, 1.82) is 0 Å². The number of benzene rings is 1. The summed E-state index contributed by atoms with van der Waals surface area (Å²) in [5.74, 6) is -2.81. The van der Waals surface area contributed by atoms with Crippen molar-refractivity contribution in [2.24, 2.45) is 17.8 Å². The molecule has 2 fully saturated rings. The minimum Gasteiger partial charge on any atom is -0.481 e. The quantitative estimate of drug-likeness (QED) is 0.174. The van der Waals surface area contributed by atoms with Gasteiger partial charge in [-0.2, -0.15) is 0 Å². The maximum atomic E-state index is 14.5. The standard InChI is InChI=1S/C40H59N5O7S/c1-25(2)33(45(6)39(49)35(29-17-11-8-12-18-29)43-37(48)32-19-13-14-20-44(32)5)23-34(52-27(4)46)38-42-31(24-53-38)36(47)41-30(21-26(3)40(50)51)22-28-15-9-7-10-16-28/h7,9-10,15-16,24-26,29-30,32-35H,8,11-14,17-23H2,1-6H3,(H,41,47)(H,43,48)(H,50,51)/t26-,30+,32+,33+,34+,35-/m0/s1. The molecule has 2 heterocycles. The van der Waals surface area contributed by atoms with Gasteiger partial charge in [-0.1, -0.05) is 76.8 Å². The SMILES string of the molecule is CC(=O)O[C@H](C[C@H](C(C)C)N(C)C(=O)[C@@H](NC(=O)[C@H]1CCCCN1C)C1CCCCC1)c1nc(C(=O)N[C@@H](Cc2ccccc2)C[C@H](C)C(=O)O)cs1. The maximum Gasteiger partial charge on any atom is 0.306 e. The lowest BCUT2D eigenvalue weighted by molar-refractivity contribution is -0.149. The first-order chi connectivity index (χ1) is 25.2. The molecule has 12 nitrogen and oxygen atoms in total. The number of likely N-dealkylation sites (tertiary alicyclic amines) is 1. The van der Waals surface area contributed by atoms with E-state index in [1.807, 2.05) is 51.2 Å². The summed E-state index contributed by atoms with van der Waals surface area (Å²) < 4.78 is 5.81. The monoisotopic (exact) mass is 753 g/mol. The zero-order valence-corrected chi connectivity index (χ0v) is 33.0. The number of rotatable bonds is 17. The number of aromatic nitrogens is 1. The number of piperidine rings is 1. The molecular formula is C40H59N5O7S. The molecule has 3 N–H and O–H groups in total. The Kier molecular flexibility index (Phi) is 15.8. The van der Waals surface area contributed by atoms with Gasteiger partial charge in [0.1, 0.15) is 16.7 Å². The van der Waals surface area contributed by atoms with Crippen LogP contribution < -0.4 is 10.6 Å². The van der Waals surface area contributed by atoms with Gasteiger partial charge >= 0.3 is 11.9 Å². The van der Waals surface area contributed by atoms with Gasteiger partial charge in [0.15, 0.2) is 6.10 Å². The van der Waals surface area contributed by atoms with E-state index < -0.39 is 42.0 Å². The summed E-state index contributed by atoms with van der Waals surface area (Å²) in [7, 11) is 3.73. The zero-order chi connectivity index (χ0) is 38.7. The predicted molar refractivity (Wildman–Crippen MR) is 204 cm³/mol. The summed E-state index contributed by atoms with van der Waals surface area (Å²) in [6.07, 6.45) is 7.82. The number of carboxylic acid groups (broad SMARTS) is 1. The highest BCUT2D eigenvalue weighted by molar-refractivity contribution is 7.09. The first-order valence-electron chi connectivity index (χ1n) is 19.2. The number of carbonyl (C=O) groups is 5. The largest absolute Gasteiger partial charge is 0.481 e. The van der Waals surface area contributed by atoms with Crippen LogP contribution in [0, 0.1) is 17.8 Å². The molecule has 6 atom stereocenters. The highest BCUT2D eigenvalue weighted by Crippen LogP contribution is 2.33. The van der Waals surface area contributed by atoms with Crippen molar-refractivity contribution in [1.82, 2.24) is 25.4 Å². The van der Waals surface area contributed by atoms with Crippen LogP contribution in [0.3, 0.4) is 0 Å². The van der Waals surface area contributed by atoms with Gasteiger partial charge in [-0.15, -0.1) is 11.3 Å². The summed E-state index contributed by atoms with van der Waals surface area (Å²) >= 11 is 1.20. The van der Waals surface area contributed by atoms with E-state index in [4.69, 9.17) is 4.74 Å². The lowest BCUT2D eigenvalue weighted by Gasteiger charge is -2.39. The summed E-state index contributed by atoms with van der Waals surface area (Å²) in [5, 5.41) is 17.8. The summed E-state index contributed by atoms with van der Waals surface area (Å²) in [4.78, 5) is 74.1. The average Bonchev–Trinajstić information content (AvgIpc) is 3.63. The molecule has 2 aromatic rings. The highest BCUT2D eigenvalue weighted by Gasteiger charge is 2.39. The van der Waals surface area contributed by atoms with Gasteiger partial charge in [0.05, 0.1) is 12.0 Å². The predicted octanol–water partition coefficient (Wildman–Crippen LogP) is 5.62. The Bertz CT molecular complexity index is 1530. The van der Waals surface area contributed by atoms with E-state index in [0.29, 0.717) is 11.4 Å². The Hall–Kier alpha value is -3.84. The molecule has 0 radical (unpaired) electrons. The molecule has 292 valence electrons. The molecule has 1 aliphatic heterocycles. The van der Waals surface area contributed by atoms with Gasteiger partial charge in [-0.25, -0.2) is 4.98 Å². The van der Waals surface area contributed by atoms with Crippen LogP contribution in [0.15, 0.2) is 35.7 Å². The van der Waals surface area contributed by atoms with E-state index in [0.717, 1.165) is 63.5 Å². The highest BCUT2D eigenvalue weighted by atomic mass is 32.1. The lowest BCUT2D eigenvalue weighted by Crippen LogP contribution is -2.58. The summed E-state index contributed by atoms with van der Waals surface area (Å²) in [5.41, 5.74) is 1.11. The van der Waals surface area contributed by atoms with Crippen LogP contribution in [0.4, 0.5) is 0 Å². The van der Waals surface area contributed by atoms with Crippen molar-refractivity contribution in [3.63, 3.8) is 0 Å². The zero-order valence-electron chi connectivity index (χ0n) is 32.2. The van der Waals surface area contributed by atoms with E-state index in [1.165, 1.54) is 18.3 Å². The second kappa shape index (κ2) is 20.0.